The van der Waals surface area contributed by atoms with E-state index in [2.05, 4.69) is 31.5 Å². The zero-order chi connectivity index (χ0) is 17.7. The highest BCUT2D eigenvalue weighted by Gasteiger charge is 2.34. The van der Waals surface area contributed by atoms with Crippen molar-refractivity contribution >= 4 is 21.7 Å². The maximum atomic E-state index is 13.2. The molecule has 1 heterocycles. The van der Waals surface area contributed by atoms with Crippen molar-refractivity contribution in [1.82, 2.24) is 10.3 Å². The molecule has 2 N–H and O–H groups in total. The highest BCUT2D eigenvalue weighted by Crippen LogP contribution is 2.36. The molecule has 0 aliphatic heterocycles. The lowest BCUT2D eigenvalue weighted by atomic mass is 10.0. The average molecular weight is 402 g/mol. The van der Waals surface area contributed by atoms with E-state index in [1.165, 1.54) is 6.07 Å². The van der Waals surface area contributed by atoms with E-state index in [1.54, 1.807) is 19.2 Å². The third-order valence-electron chi connectivity index (χ3n) is 3.58. The fourth-order valence-electron chi connectivity index (χ4n) is 2.31. The lowest BCUT2D eigenvalue weighted by Gasteiger charge is -2.20. The van der Waals surface area contributed by atoms with Crippen LogP contribution in [0.3, 0.4) is 0 Å². The molecule has 130 valence electrons. The third kappa shape index (κ3) is 5.21. The molecular weight excluding hydrogens is 383 g/mol. The molecule has 0 saturated heterocycles. The van der Waals surface area contributed by atoms with Crippen LogP contribution >= 0.6 is 15.9 Å². The van der Waals surface area contributed by atoms with E-state index in [1.807, 2.05) is 19.1 Å². The quantitative estimate of drug-likeness (QED) is 0.673. The lowest BCUT2D eigenvalue weighted by molar-refractivity contribution is -0.138. The maximum Gasteiger partial charge on any atom is 0.416 e. The molecule has 7 heteroatoms. The Bertz CT molecular complexity index is 672. The van der Waals surface area contributed by atoms with Gasteiger partial charge in [0.1, 0.15) is 5.82 Å². The Hall–Kier alpha value is -1.60. The Morgan fingerprint density at radius 1 is 1.17 bits per heavy atom. The van der Waals surface area contributed by atoms with Crippen molar-refractivity contribution in [2.75, 3.05) is 18.4 Å². The number of aryl methyl sites for hydroxylation is 1. The van der Waals surface area contributed by atoms with E-state index in [0.717, 1.165) is 17.4 Å². The van der Waals surface area contributed by atoms with Gasteiger partial charge in [-0.2, -0.15) is 13.2 Å². The molecule has 0 bridgehead atoms. The predicted molar refractivity (Wildman–Crippen MR) is 93.0 cm³/mol. The number of hydrogen-bond donors (Lipinski definition) is 2. The van der Waals surface area contributed by atoms with Gasteiger partial charge in [0.2, 0.25) is 0 Å². The van der Waals surface area contributed by atoms with E-state index in [9.17, 15) is 13.2 Å². The third-order valence-corrected chi connectivity index (χ3v) is 4.07. The van der Waals surface area contributed by atoms with E-state index in [0.29, 0.717) is 17.6 Å². The molecular formula is C17H19BrF3N3. The SMILES string of the molecule is Cc1ccc(NCCNC(C)c2ccc(Br)cc2C(F)(F)F)nc1. The molecule has 3 nitrogen and oxygen atoms in total. The monoisotopic (exact) mass is 401 g/mol. The van der Waals surface area contributed by atoms with Gasteiger partial charge in [-0.25, -0.2) is 4.98 Å². The number of nitrogens with one attached hydrogen (secondary N) is 2. The van der Waals surface area contributed by atoms with Crippen LogP contribution in [-0.2, 0) is 6.18 Å². The summed E-state index contributed by atoms with van der Waals surface area (Å²) in [5, 5.41) is 6.24. The summed E-state index contributed by atoms with van der Waals surface area (Å²) in [6.07, 6.45) is -2.62. The molecule has 0 aliphatic carbocycles. The van der Waals surface area contributed by atoms with Gasteiger partial charge in [-0.3, -0.25) is 0 Å². The largest absolute Gasteiger partial charge is 0.416 e. The number of anilines is 1. The summed E-state index contributed by atoms with van der Waals surface area (Å²) in [6.45, 7) is 4.77. The van der Waals surface area contributed by atoms with Crippen molar-refractivity contribution in [3.8, 4) is 0 Å². The van der Waals surface area contributed by atoms with Crippen molar-refractivity contribution in [1.29, 1.82) is 0 Å². The van der Waals surface area contributed by atoms with Crippen LogP contribution < -0.4 is 10.6 Å². The van der Waals surface area contributed by atoms with Gasteiger partial charge >= 0.3 is 6.18 Å². The highest BCUT2D eigenvalue weighted by molar-refractivity contribution is 9.10. The van der Waals surface area contributed by atoms with Crippen molar-refractivity contribution in [2.24, 2.45) is 0 Å². The minimum atomic E-state index is -4.38. The number of alkyl halides is 3. The fourth-order valence-corrected chi connectivity index (χ4v) is 2.67. The minimum absolute atomic E-state index is 0.235. The number of halogens is 4. The lowest BCUT2D eigenvalue weighted by Crippen LogP contribution is -2.27. The van der Waals surface area contributed by atoms with Gasteiger partial charge in [0.25, 0.3) is 0 Å². The van der Waals surface area contributed by atoms with Gasteiger partial charge in [0, 0.05) is 29.8 Å². The first kappa shape index (κ1) is 18.7. The van der Waals surface area contributed by atoms with Gasteiger partial charge < -0.3 is 10.6 Å². The van der Waals surface area contributed by atoms with Gasteiger partial charge in [-0.1, -0.05) is 28.1 Å². The number of hydrogen-bond acceptors (Lipinski definition) is 3. The molecule has 1 unspecified atom stereocenters. The van der Waals surface area contributed by atoms with Crippen molar-refractivity contribution in [3.63, 3.8) is 0 Å². The van der Waals surface area contributed by atoms with Crippen LogP contribution in [0.1, 0.15) is 29.7 Å². The first-order chi connectivity index (χ1) is 11.3. The molecule has 0 amide bonds. The average Bonchev–Trinajstić information content (AvgIpc) is 2.52. The summed E-state index contributed by atoms with van der Waals surface area (Å²) in [5.41, 5.74) is 0.686. The first-order valence-corrected chi connectivity index (χ1v) is 8.33. The highest BCUT2D eigenvalue weighted by atomic mass is 79.9. The van der Waals surface area contributed by atoms with Crippen LogP contribution in [0, 0.1) is 6.92 Å². The Morgan fingerprint density at radius 3 is 2.54 bits per heavy atom. The van der Waals surface area contributed by atoms with E-state index in [-0.39, 0.29) is 5.56 Å². The minimum Gasteiger partial charge on any atom is -0.369 e. The van der Waals surface area contributed by atoms with Gasteiger partial charge in [0.15, 0.2) is 0 Å². The summed E-state index contributed by atoms with van der Waals surface area (Å²) < 4.78 is 39.9. The second-order valence-corrected chi connectivity index (χ2v) is 6.47. The Morgan fingerprint density at radius 2 is 1.92 bits per heavy atom. The van der Waals surface area contributed by atoms with Crippen molar-refractivity contribution < 1.29 is 13.2 Å². The first-order valence-electron chi connectivity index (χ1n) is 7.54. The van der Waals surface area contributed by atoms with Gasteiger partial charge in [-0.05, 0) is 43.2 Å². The summed E-state index contributed by atoms with van der Waals surface area (Å²) in [5.74, 6) is 0.745. The van der Waals surface area contributed by atoms with Crippen LogP contribution in [-0.4, -0.2) is 18.1 Å². The van der Waals surface area contributed by atoms with Crippen LogP contribution in [0.15, 0.2) is 41.0 Å². The van der Waals surface area contributed by atoms with Crippen LogP contribution in [0.25, 0.3) is 0 Å². The number of pyridine rings is 1. The second kappa shape index (κ2) is 7.98. The number of aromatic nitrogens is 1. The summed E-state index contributed by atoms with van der Waals surface area (Å²) in [6, 6.07) is 7.64. The smallest absolute Gasteiger partial charge is 0.369 e. The molecule has 0 radical (unpaired) electrons. The Kier molecular flexibility index (Phi) is 6.23. The zero-order valence-electron chi connectivity index (χ0n) is 13.4. The molecule has 2 aromatic rings. The van der Waals surface area contributed by atoms with Gasteiger partial charge in [-0.15, -0.1) is 0 Å². The standard InChI is InChI=1S/C17H19BrF3N3/c1-11-3-6-16(24-10-11)23-8-7-22-12(2)14-5-4-13(18)9-15(14)17(19,20)21/h3-6,9-10,12,22H,7-8H2,1-2H3,(H,23,24). The topological polar surface area (TPSA) is 37.0 Å². The zero-order valence-corrected chi connectivity index (χ0v) is 15.0. The molecule has 0 aliphatic rings. The van der Waals surface area contributed by atoms with Crippen LogP contribution in [0.5, 0.6) is 0 Å². The molecule has 0 fully saturated rings. The summed E-state index contributed by atoms with van der Waals surface area (Å²) in [4.78, 5) is 4.22. The summed E-state index contributed by atoms with van der Waals surface area (Å²) in [7, 11) is 0. The van der Waals surface area contributed by atoms with Gasteiger partial charge in [0.05, 0.1) is 5.56 Å². The van der Waals surface area contributed by atoms with Crippen molar-refractivity contribution in [2.45, 2.75) is 26.1 Å². The predicted octanol–water partition coefficient (Wildman–Crippen LogP) is 4.93. The van der Waals surface area contributed by atoms with Crippen molar-refractivity contribution in [3.05, 3.63) is 57.7 Å². The Labute approximate surface area is 147 Å². The maximum absolute atomic E-state index is 13.2. The number of nitrogens with zero attached hydrogens (tertiary/aromatic N) is 1. The molecule has 0 spiro atoms. The number of rotatable bonds is 6. The molecule has 1 aromatic heterocycles. The normalized spacial score (nSPS) is 12.9. The Balaban J connectivity index is 1.93. The summed E-state index contributed by atoms with van der Waals surface area (Å²) >= 11 is 3.10. The van der Waals surface area contributed by atoms with E-state index >= 15 is 0 Å². The number of benzene rings is 1. The molecule has 1 atom stereocenters. The molecule has 0 saturated carbocycles. The second-order valence-electron chi connectivity index (χ2n) is 5.55. The molecule has 2 rings (SSSR count). The molecule has 24 heavy (non-hydrogen) atoms. The molecule has 1 aromatic carbocycles. The van der Waals surface area contributed by atoms with Crippen LogP contribution in [0.4, 0.5) is 19.0 Å². The van der Waals surface area contributed by atoms with E-state index < -0.39 is 17.8 Å². The van der Waals surface area contributed by atoms with Crippen LogP contribution in [0.2, 0.25) is 0 Å². The fraction of sp³-hybridized carbons (Fsp3) is 0.353. The van der Waals surface area contributed by atoms with E-state index in [4.69, 9.17) is 0 Å².